The van der Waals surface area contributed by atoms with Gasteiger partial charge < -0.3 is 10.1 Å². The van der Waals surface area contributed by atoms with Crippen LogP contribution >= 0.6 is 0 Å². The van der Waals surface area contributed by atoms with E-state index in [1.54, 1.807) is 0 Å². The molecule has 2 heteroatoms. The molecule has 0 aromatic heterocycles. The van der Waals surface area contributed by atoms with E-state index in [0.717, 1.165) is 12.2 Å². The first-order chi connectivity index (χ1) is 11.8. The highest BCUT2D eigenvalue weighted by atomic mass is 16.5. The molecule has 1 heterocycles. The molecule has 0 bridgehead atoms. The molecule has 0 saturated carbocycles. The zero-order valence-electron chi connectivity index (χ0n) is 13.8. The molecule has 1 unspecified atom stereocenters. The van der Waals surface area contributed by atoms with Crippen molar-refractivity contribution in [1.29, 1.82) is 0 Å². The Kier molecular flexibility index (Phi) is 3.96. The van der Waals surface area contributed by atoms with E-state index < -0.39 is 0 Å². The molecule has 4 rings (SSSR count). The zero-order chi connectivity index (χ0) is 16.4. The van der Waals surface area contributed by atoms with E-state index in [1.807, 2.05) is 19.1 Å². The molecule has 0 aliphatic carbocycles. The van der Waals surface area contributed by atoms with Gasteiger partial charge in [-0.2, -0.15) is 0 Å². The van der Waals surface area contributed by atoms with E-state index in [4.69, 9.17) is 4.74 Å². The van der Waals surface area contributed by atoms with Crippen LogP contribution in [0.4, 0.5) is 5.69 Å². The Morgan fingerprint density at radius 3 is 2.42 bits per heavy atom. The van der Waals surface area contributed by atoms with Crippen molar-refractivity contribution in [2.24, 2.45) is 0 Å². The summed E-state index contributed by atoms with van der Waals surface area (Å²) >= 11 is 0. The maximum absolute atomic E-state index is 5.61. The van der Waals surface area contributed by atoms with Crippen molar-refractivity contribution in [1.82, 2.24) is 0 Å². The minimum Gasteiger partial charge on any atom is -0.494 e. The molecule has 0 radical (unpaired) electrons. The van der Waals surface area contributed by atoms with Gasteiger partial charge in [-0.1, -0.05) is 54.6 Å². The average Bonchev–Trinajstić information content (AvgIpc) is 3.06. The van der Waals surface area contributed by atoms with Crippen LogP contribution in [0.1, 0.15) is 24.1 Å². The monoisotopic (exact) mass is 315 g/mol. The highest BCUT2D eigenvalue weighted by Crippen LogP contribution is 2.36. The molecule has 0 fully saturated rings. The van der Waals surface area contributed by atoms with Crippen LogP contribution < -0.4 is 10.1 Å². The van der Waals surface area contributed by atoms with Crippen LogP contribution in [0.15, 0.2) is 72.8 Å². The number of nitrogens with one attached hydrogen (secondary N) is 1. The quantitative estimate of drug-likeness (QED) is 0.690. The first kappa shape index (κ1) is 14.8. The van der Waals surface area contributed by atoms with Crippen molar-refractivity contribution in [2.75, 3.05) is 11.9 Å². The molecule has 2 nitrogen and oxygen atoms in total. The molecule has 1 aliphatic heterocycles. The number of fused-ring (bicyclic) bond motifs is 1. The molecule has 1 N–H and O–H groups in total. The number of hydrogen-bond acceptors (Lipinski definition) is 2. The number of rotatable bonds is 4. The Morgan fingerprint density at radius 2 is 1.67 bits per heavy atom. The van der Waals surface area contributed by atoms with Crippen LogP contribution in [0.5, 0.6) is 5.75 Å². The van der Waals surface area contributed by atoms with E-state index in [-0.39, 0.29) is 0 Å². The number of hydrogen-bond donors (Lipinski definition) is 1. The lowest BCUT2D eigenvalue weighted by Crippen LogP contribution is -2.05. The van der Waals surface area contributed by atoms with Crippen molar-refractivity contribution >= 4 is 5.69 Å². The molecule has 3 aromatic carbocycles. The first-order valence-corrected chi connectivity index (χ1v) is 8.51. The molecule has 24 heavy (non-hydrogen) atoms. The minimum absolute atomic E-state index is 0.335. The minimum atomic E-state index is 0.335. The van der Waals surface area contributed by atoms with Gasteiger partial charge in [0.2, 0.25) is 0 Å². The average molecular weight is 315 g/mol. The summed E-state index contributed by atoms with van der Waals surface area (Å²) in [5.41, 5.74) is 6.39. The van der Waals surface area contributed by atoms with Gasteiger partial charge >= 0.3 is 0 Å². The molecule has 0 amide bonds. The van der Waals surface area contributed by atoms with E-state index in [1.165, 1.54) is 27.9 Å². The molecular weight excluding hydrogens is 294 g/mol. The van der Waals surface area contributed by atoms with Crippen molar-refractivity contribution in [3.63, 3.8) is 0 Å². The molecule has 1 aliphatic rings. The fourth-order valence-corrected chi connectivity index (χ4v) is 3.33. The predicted molar refractivity (Wildman–Crippen MR) is 99.6 cm³/mol. The summed E-state index contributed by atoms with van der Waals surface area (Å²) < 4.78 is 5.61. The summed E-state index contributed by atoms with van der Waals surface area (Å²) in [6.45, 7) is 2.72. The van der Waals surface area contributed by atoms with E-state index in [2.05, 4.69) is 66.0 Å². The molecule has 0 saturated heterocycles. The van der Waals surface area contributed by atoms with Crippen molar-refractivity contribution < 1.29 is 4.74 Å². The van der Waals surface area contributed by atoms with Gasteiger partial charge in [-0.15, -0.1) is 0 Å². The lowest BCUT2D eigenvalue weighted by Gasteiger charge is -2.12. The van der Waals surface area contributed by atoms with Gasteiger partial charge in [-0.25, -0.2) is 0 Å². The SMILES string of the molecule is CCOc1ccc2c(c1)CC(c1ccc(-c3ccccc3)cc1)N2. The number of benzene rings is 3. The third-order valence-electron chi connectivity index (χ3n) is 4.56. The van der Waals surface area contributed by atoms with Crippen LogP contribution in [-0.2, 0) is 6.42 Å². The normalized spacial score (nSPS) is 15.6. The Balaban J connectivity index is 1.53. The highest BCUT2D eigenvalue weighted by Gasteiger charge is 2.22. The molecule has 3 aromatic rings. The van der Waals surface area contributed by atoms with Gasteiger partial charge in [-0.3, -0.25) is 0 Å². The van der Waals surface area contributed by atoms with Gasteiger partial charge in [0.15, 0.2) is 0 Å². The smallest absolute Gasteiger partial charge is 0.119 e. The maximum atomic E-state index is 5.61. The summed E-state index contributed by atoms with van der Waals surface area (Å²) in [4.78, 5) is 0. The standard InChI is InChI=1S/C22H21NO/c1-2-24-20-12-13-21-19(14-20)15-22(23-21)18-10-8-17(9-11-18)16-6-4-3-5-7-16/h3-14,22-23H,2,15H2,1H3. The molecular formula is C22H21NO. The van der Waals surface area contributed by atoms with Gasteiger partial charge in [0, 0.05) is 5.69 Å². The van der Waals surface area contributed by atoms with Crippen LogP contribution in [0.3, 0.4) is 0 Å². The Morgan fingerprint density at radius 1 is 0.917 bits per heavy atom. The van der Waals surface area contributed by atoms with Gasteiger partial charge in [0.05, 0.1) is 12.6 Å². The Labute approximate surface area is 143 Å². The second-order valence-corrected chi connectivity index (χ2v) is 6.14. The highest BCUT2D eigenvalue weighted by molar-refractivity contribution is 5.65. The molecule has 120 valence electrons. The number of ether oxygens (including phenoxy) is 1. The molecule has 0 spiro atoms. The largest absolute Gasteiger partial charge is 0.494 e. The van der Waals surface area contributed by atoms with Crippen LogP contribution in [0.25, 0.3) is 11.1 Å². The van der Waals surface area contributed by atoms with Crippen molar-refractivity contribution in [2.45, 2.75) is 19.4 Å². The van der Waals surface area contributed by atoms with E-state index >= 15 is 0 Å². The third kappa shape index (κ3) is 2.88. The van der Waals surface area contributed by atoms with E-state index in [9.17, 15) is 0 Å². The predicted octanol–water partition coefficient (Wildman–Crippen LogP) is 5.46. The van der Waals surface area contributed by atoms with Gasteiger partial charge in [-0.05, 0) is 53.8 Å². The summed E-state index contributed by atoms with van der Waals surface area (Å²) in [7, 11) is 0. The Hall–Kier alpha value is -2.74. The fraction of sp³-hybridized carbons (Fsp3) is 0.182. The number of anilines is 1. The summed E-state index contributed by atoms with van der Waals surface area (Å²) in [6.07, 6.45) is 1.00. The van der Waals surface area contributed by atoms with Crippen molar-refractivity contribution in [3.8, 4) is 16.9 Å². The summed E-state index contributed by atoms with van der Waals surface area (Å²) in [5.74, 6) is 0.957. The van der Waals surface area contributed by atoms with Crippen LogP contribution in [0, 0.1) is 0 Å². The van der Waals surface area contributed by atoms with Crippen LogP contribution in [0.2, 0.25) is 0 Å². The fourth-order valence-electron chi connectivity index (χ4n) is 3.33. The second-order valence-electron chi connectivity index (χ2n) is 6.14. The zero-order valence-corrected chi connectivity index (χ0v) is 13.8. The lowest BCUT2D eigenvalue weighted by atomic mass is 9.99. The third-order valence-corrected chi connectivity index (χ3v) is 4.56. The van der Waals surface area contributed by atoms with E-state index in [0.29, 0.717) is 12.6 Å². The Bertz CT molecular complexity index is 824. The summed E-state index contributed by atoms with van der Waals surface area (Å²) in [5, 5.41) is 3.62. The van der Waals surface area contributed by atoms with Crippen molar-refractivity contribution in [3.05, 3.63) is 83.9 Å². The first-order valence-electron chi connectivity index (χ1n) is 8.51. The molecule has 1 atom stereocenters. The maximum Gasteiger partial charge on any atom is 0.119 e. The van der Waals surface area contributed by atoms with Crippen LogP contribution in [-0.4, -0.2) is 6.61 Å². The van der Waals surface area contributed by atoms with Gasteiger partial charge in [0.1, 0.15) is 5.75 Å². The van der Waals surface area contributed by atoms with Gasteiger partial charge in [0.25, 0.3) is 0 Å². The lowest BCUT2D eigenvalue weighted by molar-refractivity contribution is 0.340. The summed E-state index contributed by atoms with van der Waals surface area (Å²) in [6, 6.07) is 26.0. The second kappa shape index (κ2) is 6.40. The topological polar surface area (TPSA) is 21.3 Å².